The highest BCUT2D eigenvalue weighted by atomic mass is 32.1. The van der Waals surface area contributed by atoms with Crippen LogP contribution in [0.25, 0.3) is 0 Å². The third-order valence-electron chi connectivity index (χ3n) is 2.16. The Kier molecular flexibility index (Phi) is 5.22. The number of hydrogen-bond acceptors (Lipinski definition) is 3. The fraction of sp³-hybridized carbons (Fsp3) is 0.364. The van der Waals surface area contributed by atoms with Crippen molar-refractivity contribution >= 4 is 23.1 Å². The molecule has 0 radical (unpaired) electrons. The van der Waals surface area contributed by atoms with Gasteiger partial charge in [0.15, 0.2) is 0 Å². The molecule has 0 unspecified atom stereocenters. The van der Waals surface area contributed by atoms with Gasteiger partial charge in [0.2, 0.25) is 0 Å². The normalized spacial score (nSPS) is 10.9. The zero-order valence-corrected chi connectivity index (χ0v) is 10.9. The first-order valence-corrected chi connectivity index (χ1v) is 5.77. The summed E-state index contributed by atoms with van der Waals surface area (Å²) < 4.78 is 38.0. The standard InChI is InChI=1S/C11H12F3N3OS/c1-7(19)16-4-5-17-10(18)8-6-15-3-2-9(8)11(12,13)14/h2-3,6H,4-5H2,1H3,(H,16,19)(H,17,18). The number of amides is 1. The van der Waals surface area contributed by atoms with Crippen LogP contribution in [0.5, 0.6) is 0 Å². The number of halogens is 3. The summed E-state index contributed by atoms with van der Waals surface area (Å²) in [5.41, 5.74) is -1.49. The summed E-state index contributed by atoms with van der Waals surface area (Å²) in [4.78, 5) is 15.7. The lowest BCUT2D eigenvalue weighted by atomic mass is 10.1. The summed E-state index contributed by atoms with van der Waals surface area (Å²) in [5.74, 6) is -0.816. The van der Waals surface area contributed by atoms with Crippen molar-refractivity contribution in [3.63, 3.8) is 0 Å². The summed E-state index contributed by atoms with van der Waals surface area (Å²) in [6.07, 6.45) is -2.69. The highest BCUT2D eigenvalue weighted by molar-refractivity contribution is 7.80. The maximum absolute atomic E-state index is 12.7. The average molecular weight is 291 g/mol. The number of aromatic nitrogens is 1. The van der Waals surface area contributed by atoms with Crippen LogP contribution in [0.15, 0.2) is 18.5 Å². The van der Waals surface area contributed by atoms with Crippen molar-refractivity contribution in [3.05, 3.63) is 29.6 Å². The Balaban J connectivity index is 2.70. The summed E-state index contributed by atoms with van der Waals surface area (Å²) in [7, 11) is 0. The molecule has 1 heterocycles. The topological polar surface area (TPSA) is 54.0 Å². The Hall–Kier alpha value is -1.70. The molecular weight excluding hydrogens is 279 g/mol. The maximum Gasteiger partial charge on any atom is 0.417 e. The SMILES string of the molecule is CC(=S)NCCNC(=O)c1cnccc1C(F)(F)F. The number of pyridine rings is 1. The van der Waals surface area contributed by atoms with Gasteiger partial charge in [-0.25, -0.2) is 0 Å². The first-order chi connectivity index (χ1) is 8.82. The van der Waals surface area contributed by atoms with Gasteiger partial charge in [-0.3, -0.25) is 9.78 Å². The summed E-state index contributed by atoms with van der Waals surface area (Å²) >= 11 is 4.76. The van der Waals surface area contributed by atoms with Crippen molar-refractivity contribution in [2.24, 2.45) is 0 Å². The summed E-state index contributed by atoms with van der Waals surface area (Å²) in [6.45, 7) is 2.18. The molecule has 1 rings (SSSR count). The molecule has 0 aliphatic carbocycles. The Labute approximate surface area is 113 Å². The lowest BCUT2D eigenvalue weighted by molar-refractivity contribution is -0.138. The van der Waals surface area contributed by atoms with Gasteiger partial charge in [-0.15, -0.1) is 0 Å². The molecule has 0 saturated carbocycles. The van der Waals surface area contributed by atoms with Crippen molar-refractivity contribution in [1.82, 2.24) is 15.6 Å². The third kappa shape index (κ3) is 4.82. The van der Waals surface area contributed by atoms with Gasteiger partial charge < -0.3 is 10.6 Å². The second-order valence-corrected chi connectivity index (χ2v) is 4.27. The molecule has 0 aliphatic heterocycles. The lowest BCUT2D eigenvalue weighted by Gasteiger charge is -2.12. The van der Waals surface area contributed by atoms with E-state index < -0.39 is 23.2 Å². The van der Waals surface area contributed by atoms with Gasteiger partial charge >= 0.3 is 6.18 Å². The molecule has 104 valence electrons. The molecule has 1 amide bonds. The van der Waals surface area contributed by atoms with E-state index in [1.807, 2.05) is 0 Å². The molecule has 1 aromatic heterocycles. The van der Waals surface area contributed by atoms with E-state index in [4.69, 9.17) is 12.2 Å². The first kappa shape index (κ1) is 15.4. The van der Waals surface area contributed by atoms with Gasteiger partial charge in [0.1, 0.15) is 0 Å². The minimum atomic E-state index is -4.58. The molecule has 8 heteroatoms. The van der Waals surface area contributed by atoms with Gasteiger partial charge in [0, 0.05) is 25.5 Å². The third-order valence-corrected chi connectivity index (χ3v) is 2.30. The molecule has 0 saturated heterocycles. The molecule has 0 fully saturated rings. The Morgan fingerprint density at radius 3 is 2.58 bits per heavy atom. The van der Waals surface area contributed by atoms with Crippen molar-refractivity contribution in [3.8, 4) is 0 Å². The number of carbonyl (C=O) groups is 1. The van der Waals surface area contributed by atoms with Crippen LogP contribution < -0.4 is 10.6 Å². The van der Waals surface area contributed by atoms with Crippen molar-refractivity contribution in [1.29, 1.82) is 0 Å². The van der Waals surface area contributed by atoms with E-state index >= 15 is 0 Å². The average Bonchev–Trinajstić information content (AvgIpc) is 2.33. The largest absolute Gasteiger partial charge is 0.417 e. The van der Waals surface area contributed by atoms with Crippen molar-refractivity contribution in [2.45, 2.75) is 13.1 Å². The molecule has 1 aromatic rings. The van der Waals surface area contributed by atoms with Crippen LogP contribution in [0.2, 0.25) is 0 Å². The molecule has 0 aromatic carbocycles. The Bertz CT molecular complexity index is 476. The number of thiocarbonyl (C=S) groups is 1. The number of nitrogens with zero attached hydrogens (tertiary/aromatic N) is 1. The van der Waals surface area contributed by atoms with Gasteiger partial charge in [-0.05, 0) is 13.0 Å². The monoisotopic (exact) mass is 291 g/mol. The van der Waals surface area contributed by atoms with Crippen LogP contribution in [0.4, 0.5) is 13.2 Å². The van der Waals surface area contributed by atoms with Crippen LogP contribution in [0.1, 0.15) is 22.8 Å². The molecular formula is C11H12F3N3OS. The molecule has 2 N–H and O–H groups in total. The van der Waals surface area contributed by atoms with E-state index in [-0.39, 0.29) is 6.54 Å². The highest BCUT2D eigenvalue weighted by Crippen LogP contribution is 2.31. The van der Waals surface area contributed by atoms with Gasteiger partial charge in [-0.1, -0.05) is 12.2 Å². The molecule has 4 nitrogen and oxygen atoms in total. The van der Waals surface area contributed by atoms with Crippen LogP contribution in [0, 0.1) is 0 Å². The number of nitrogens with one attached hydrogen (secondary N) is 2. The Morgan fingerprint density at radius 2 is 2.00 bits per heavy atom. The van der Waals surface area contributed by atoms with E-state index in [1.54, 1.807) is 6.92 Å². The van der Waals surface area contributed by atoms with Crippen molar-refractivity contribution in [2.75, 3.05) is 13.1 Å². The van der Waals surface area contributed by atoms with Crippen LogP contribution in [-0.2, 0) is 6.18 Å². The quantitative estimate of drug-likeness (QED) is 0.656. The van der Waals surface area contributed by atoms with E-state index in [2.05, 4.69) is 15.6 Å². The zero-order valence-electron chi connectivity index (χ0n) is 10.0. The number of hydrogen-bond donors (Lipinski definition) is 2. The molecule has 0 spiro atoms. The van der Waals surface area contributed by atoms with Crippen molar-refractivity contribution < 1.29 is 18.0 Å². The summed E-state index contributed by atoms with van der Waals surface area (Å²) in [5, 5.41) is 5.14. The second kappa shape index (κ2) is 6.46. The van der Waals surface area contributed by atoms with Gasteiger partial charge in [0.05, 0.1) is 16.1 Å². The van der Waals surface area contributed by atoms with Crippen LogP contribution >= 0.6 is 12.2 Å². The van der Waals surface area contributed by atoms with E-state index in [0.717, 1.165) is 18.5 Å². The summed E-state index contributed by atoms with van der Waals surface area (Å²) in [6, 6.07) is 0.772. The second-order valence-electron chi connectivity index (χ2n) is 3.66. The fourth-order valence-corrected chi connectivity index (χ4v) is 1.43. The predicted molar refractivity (Wildman–Crippen MR) is 67.8 cm³/mol. The minimum Gasteiger partial charge on any atom is -0.378 e. The molecule has 0 aliphatic rings. The minimum absolute atomic E-state index is 0.166. The van der Waals surface area contributed by atoms with E-state index in [0.29, 0.717) is 11.5 Å². The molecule has 19 heavy (non-hydrogen) atoms. The molecule has 0 bridgehead atoms. The van der Waals surface area contributed by atoms with E-state index in [9.17, 15) is 18.0 Å². The van der Waals surface area contributed by atoms with Crippen LogP contribution in [-0.4, -0.2) is 29.0 Å². The lowest BCUT2D eigenvalue weighted by Crippen LogP contribution is -2.34. The molecule has 0 atom stereocenters. The van der Waals surface area contributed by atoms with Gasteiger partial charge in [0.25, 0.3) is 5.91 Å². The maximum atomic E-state index is 12.7. The predicted octanol–water partition coefficient (Wildman–Crippen LogP) is 1.77. The number of alkyl halides is 3. The first-order valence-electron chi connectivity index (χ1n) is 5.36. The highest BCUT2D eigenvalue weighted by Gasteiger charge is 2.35. The number of carbonyl (C=O) groups excluding carboxylic acids is 1. The zero-order chi connectivity index (χ0) is 14.5. The number of rotatable bonds is 4. The fourth-order valence-electron chi connectivity index (χ4n) is 1.33. The van der Waals surface area contributed by atoms with Crippen LogP contribution in [0.3, 0.4) is 0 Å². The smallest absolute Gasteiger partial charge is 0.378 e. The van der Waals surface area contributed by atoms with Gasteiger partial charge in [-0.2, -0.15) is 13.2 Å². The van der Waals surface area contributed by atoms with E-state index in [1.165, 1.54) is 0 Å². The Morgan fingerprint density at radius 1 is 1.37 bits per heavy atom.